The zero-order chi connectivity index (χ0) is 12.3. The highest BCUT2D eigenvalue weighted by molar-refractivity contribution is 6.28. The highest BCUT2D eigenvalue weighted by atomic mass is 35.5. The Morgan fingerprint density at radius 2 is 2.06 bits per heavy atom. The van der Waals surface area contributed by atoms with Gasteiger partial charge in [0.2, 0.25) is 5.28 Å². The maximum absolute atomic E-state index is 10.3. The summed E-state index contributed by atoms with van der Waals surface area (Å²) in [5.74, 6) is 0.682. The lowest BCUT2D eigenvalue weighted by Crippen LogP contribution is -2.38. The first-order valence-corrected chi connectivity index (χ1v) is 6.43. The van der Waals surface area contributed by atoms with Gasteiger partial charge < -0.3 is 10.4 Å². The van der Waals surface area contributed by atoms with Crippen LogP contribution in [-0.2, 0) is 0 Å². The molecule has 0 aliphatic heterocycles. The number of aromatic nitrogens is 2. The fraction of sp³-hybridized carbons (Fsp3) is 0.667. The molecule has 0 spiro atoms. The topological polar surface area (TPSA) is 58.0 Å². The standard InChI is InChI=1S/C12H18ClN3O/c1-9-7-10(16-11(13)15-9)14-8-12(17)5-3-2-4-6-12/h7,17H,2-6,8H2,1H3,(H,14,15,16). The Morgan fingerprint density at radius 1 is 1.35 bits per heavy atom. The van der Waals surface area contributed by atoms with Gasteiger partial charge in [-0.25, -0.2) is 9.97 Å². The van der Waals surface area contributed by atoms with Crippen molar-refractivity contribution in [1.82, 2.24) is 9.97 Å². The molecule has 4 nitrogen and oxygen atoms in total. The molecule has 1 aliphatic rings. The van der Waals surface area contributed by atoms with Crippen molar-refractivity contribution in [2.24, 2.45) is 0 Å². The van der Waals surface area contributed by atoms with E-state index in [1.54, 1.807) is 0 Å². The van der Waals surface area contributed by atoms with Crippen molar-refractivity contribution < 1.29 is 5.11 Å². The first-order chi connectivity index (χ1) is 8.07. The highest BCUT2D eigenvalue weighted by Crippen LogP contribution is 2.28. The van der Waals surface area contributed by atoms with Gasteiger partial charge in [-0.3, -0.25) is 0 Å². The van der Waals surface area contributed by atoms with Gasteiger partial charge in [-0.1, -0.05) is 19.3 Å². The fourth-order valence-electron chi connectivity index (χ4n) is 2.26. The molecule has 5 heteroatoms. The maximum atomic E-state index is 10.3. The van der Waals surface area contributed by atoms with Crippen LogP contribution in [0.3, 0.4) is 0 Å². The van der Waals surface area contributed by atoms with Crippen LogP contribution in [0.25, 0.3) is 0 Å². The molecule has 0 radical (unpaired) electrons. The third-order valence-electron chi connectivity index (χ3n) is 3.21. The normalized spacial score (nSPS) is 19.0. The molecular weight excluding hydrogens is 238 g/mol. The molecule has 0 atom stereocenters. The molecule has 0 aromatic carbocycles. The van der Waals surface area contributed by atoms with Crippen LogP contribution in [0.2, 0.25) is 5.28 Å². The molecule has 0 amide bonds. The van der Waals surface area contributed by atoms with Crippen LogP contribution in [-0.4, -0.2) is 27.2 Å². The Hall–Kier alpha value is -0.870. The Labute approximate surface area is 106 Å². The monoisotopic (exact) mass is 255 g/mol. The third-order valence-corrected chi connectivity index (χ3v) is 3.38. The number of aliphatic hydroxyl groups is 1. The van der Waals surface area contributed by atoms with Crippen molar-refractivity contribution >= 4 is 17.4 Å². The number of nitrogens with one attached hydrogen (secondary N) is 1. The van der Waals surface area contributed by atoms with E-state index in [1.165, 1.54) is 6.42 Å². The molecule has 0 unspecified atom stereocenters. The predicted octanol–water partition coefficient (Wildman–Crippen LogP) is 2.55. The smallest absolute Gasteiger partial charge is 0.224 e. The summed E-state index contributed by atoms with van der Waals surface area (Å²) in [5, 5.41) is 13.7. The molecule has 1 aromatic heterocycles. The van der Waals surface area contributed by atoms with Crippen LogP contribution in [0.5, 0.6) is 0 Å². The number of halogens is 1. The van der Waals surface area contributed by atoms with Gasteiger partial charge in [0.1, 0.15) is 5.82 Å². The van der Waals surface area contributed by atoms with Gasteiger partial charge in [-0.05, 0) is 31.4 Å². The summed E-state index contributed by atoms with van der Waals surface area (Å²) in [6.07, 6.45) is 5.14. The number of hydrogen-bond acceptors (Lipinski definition) is 4. The predicted molar refractivity (Wildman–Crippen MR) is 68.3 cm³/mol. The van der Waals surface area contributed by atoms with Crippen LogP contribution in [0.4, 0.5) is 5.82 Å². The van der Waals surface area contributed by atoms with E-state index in [-0.39, 0.29) is 5.28 Å². The molecular formula is C12H18ClN3O. The number of anilines is 1. The summed E-state index contributed by atoms with van der Waals surface area (Å²) >= 11 is 5.78. The van der Waals surface area contributed by atoms with Crippen molar-refractivity contribution in [3.05, 3.63) is 17.0 Å². The van der Waals surface area contributed by atoms with Gasteiger partial charge in [0, 0.05) is 18.3 Å². The molecule has 1 aromatic rings. The van der Waals surface area contributed by atoms with Gasteiger partial charge in [0.05, 0.1) is 5.60 Å². The minimum Gasteiger partial charge on any atom is -0.388 e. The van der Waals surface area contributed by atoms with E-state index < -0.39 is 5.60 Å². The molecule has 0 saturated heterocycles. The summed E-state index contributed by atoms with van der Waals surface area (Å²) in [4.78, 5) is 8.08. The summed E-state index contributed by atoms with van der Waals surface area (Å²) < 4.78 is 0. The van der Waals surface area contributed by atoms with Gasteiger partial charge in [0.25, 0.3) is 0 Å². The Kier molecular flexibility index (Phi) is 3.84. The average Bonchev–Trinajstić information content (AvgIpc) is 2.26. The van der Waals surface area contributed by atoms with E-state index in [1.807, 2.05) is 13.0 Å². The molecule has 1 aliphatic carbocycles. The zero-order valence-electron chi connectivity index (χ0n) is 10.0. The molecule has 1 fully saturated rings. The van der Waals surface area contributed by atoms with Crippen molar-refractivity contribution in [1.29, 1.82) is 0 Å². The fourth-order valence-corrected chi connectivity index (χ4v) is 2.49. The average molecular weight is 256 g/mol. The van der Waals surface area contributed by atoms with Crippen molar-refractivity contribution in [2.75, 3.05) is 11.9 Å². The summed E-state index contributed by atoms with van der Waals surface area (Å²) in [7, 11) is 0. The van der Waals surface area contributed by atoms with Crippen molar-refractivity contribution in [3.8, 4) is 0 Å². The van der Waals surface area contributed by atoms with Crippen LogP contribution >= 0.6 is 11.6 Å². The number of aryl methyl sites for hydroxylation is 1. The molecule has 2 rings (SSSR count). The van der Waals surface area contributed by atoms with E-state index in [0.29, 0.717) is 12.4 Å². The van der Waals surface area contributed by atoms with E-state index in [9.17, 15) is 5.11 Å². The van der Waals surface area contributed by atoms with E-state index >= 15 is 0 Å². The minimum absolute atomic E-state index is 0.239. The SMILES string of the molecule is Cc1cc(NCC2(O)CCCCC2)nc(Cl)n1. The van der Waals surface area contributed by atoms with Gasteiger partial charge in [0.15, 0.2) is 0 Å². The van der Waals surface area contributed by atoms with Gasteiger partial charge in [-0.2, -0.15) is 0 Å². The van der Waals surface area contributed by atoms with E-state index in [2.05, 4.69) is 15.3 Å². The second-order valence-corrected chi connectivity index (χ2v) is 5.14. The molecule has 1 saturated carbocycles. The van der Waals surface area contributed by atoms with Gasteiger partial charge >= 0.3 is 0 Å². The lowest BCUT2D eigenvalue weighted by Gasteiger charge is -2.32. The molecule has 17 heavy (non-hydrogen) atoms. The Balaban J connectivity index is 1.96. The number of rotatable bonds is 3. The van der Waals surface area contributed by atoms with E-state index in [4.69, 9.17) is 11.6 Å². The van der Waals surface area contributed by atoms with E-state index in [0.717, 1.165) is 31.4 Å². The maximum Gasteiger partial charge on any atom is 0.224 e. The van der Waals surface area contributed by atoms with Crippen LogP contribution in [0, 0.1) is 6.92 Å². The van der Waals surface area contributed by atoms with Crippen LogP contribution in [0.15, 0.2) is 6.07 Å². The largest absolute Gasteiger partial charge is 0.388 e. The molecule has 0 bridgehead atoms. The van der Waals surface area contributed by atoms with Crippen LogP contribution < -0.4 is 5.32 Å². The Morgan fingerprint density at radius 3 is 2.71 bits per heavy atom. The van der Waals surface area contributed by atoms with Crippen LogP contribution in [0.1, 0.15) is 37.8 Å². The summed E-state index contributed by atoms with van der Waals surface area (Å²) in [6.45, 7) is 2.40. The first kappa shape index (κ1) is 12.6. The Bertz CT molecular complexity index is 371. The second-order valence-electron chi connectivity index (χ2n) is 4.80. The highest BCUT2D eigenvalue weighted by Gasteiger charge is 2.28. The first-order valence-electron chi connectivity index (χ1n) is 6.05. The molecule has 94 valence electrons. The van der Waals surface area contributed by atoms with Crippen molar-refractivity contribution in [3.63, 3.8) is 0 Å². The lowest BCUT2D eigenvalue weighted by molar-refractivity contribution is 0.0166. The lowest BCUT2D eigenvalue weighted by atomic mass is 9.85. The second kappa shape index (κ2) is 5.19. The quantitative estimate of drug-likeness (QED) is 0.815. The molecule has 1 heterocycles. The number of nitrogens with zero attached hydrogens (tertiary/aromatic N) is 2. The summed E-state index contributed by atoms with van der Waals surface area (Å²) in [5.41, 5.74) is 0.229. The molecule has 2 N–H and O–H groups in total. The van der Waals surface area contributed by atoms with Gasteiger partial charge in [-0.15, -0.1) is 0 Å². The number of hydrogen-bond donors (Lipinski definition) is 2. The third kappa shape index (κ3) is 3.54. The summed E-state index contributed by atoms with van der Waals surface area (Å²) in [6, 6.07) is 1.83. The minimum atomic E-state index is -0.594. The zero-order valence-corrected chi connectivity index (χ0v) is 10.8. The van der Waals surface area contributed by atoms with Crippen molar-refractivity contribution in [2.45, 2.75) is 44.6 Å².